The highest BCUT2D eigenvalue weighted by Gasteiger charge is 2.08. The van der Waals surface area contributed by atoms with Crippen LogP contribution in [-0.4, -0.2) is 18.4 Å². The highest BCUT2D eigenvalue weighted by Crippen LogP contribution is 2.13. The van der Waals surface area contributed by atoms with Crippen molar-refractivity contribution in [3.05, 3.63) is 54.0 Å². The van der Waals surface area contributed by atoms with Crippen molar-refractivity contribution in [3.63, 3.8) is 0 Å². The van der Waals surface area contributed by atoms with Crippen LogP contribution in [0.5, 0.6) is 0 Å². The molecule has 0 aliphatic heterocycles. The van der Waals surface area contributed by atoms with Crippen LogP contribution in [0.25, 0.3) is 0 Å². The van der Waals surface area contributed by atoms with Gasteiger partial charge in [0.1, 0.15) is 0 Å². The zero-order valence-corrected chi connectivity index (χ0v) is 18.8. The largest absolute Gasteiger partial charge is 0.459 e. The van der Waals surface area contributed by atoms with Gasteiger partial charge in [-0.1, -0.05) is 51.2 Å². The van der Waals surface area contributed by atoms with E-state index in [0.29, 0.717) is 18.2 Å². The van der Waals surface area contributed by atoms with E-state index in [1.807, 2.05) is 24.3 Å². The Kier molecular flexibility index (Phi) is 12.0. The molecule has 0 bridgehead atoms. The number of unbranched alkanes of at least 4 members (excludes halogenated alkanes) is 5. The Hall–Kier alpha value is -2.03. The molecule has 0 spiro atoms. The van der Waals surface area contributed by atoms with E-state index < -0.39 is 0 Å². The van der Waals surface area contributed by atoms with Crippen LogP contribution in [0, 0.1) is 0 Å². The number of anilines is 1. The number of nitrogens with zero attached hydrogens (tertiary/aromatic N) is 1. The van der Waals surface area contributed by atoms with Crippen LogP contribution in [0.1, 0.15) is 61.6 Å². The first-order valence-electron chi connectivity index (χ1n) is 9.66. The molecule has 0 atom stereocenters. The lowest BCUT2D eigenvalue weighted by molar-refractivity contribution is 0.0996. The molecule has 1 amide bonds. The minimum Gasteiger partial charge on any atom is -0.459 e. The van der Waals surface area contributed by atoms with Crippen LogP contribution >= 0.6 is 24.0 Å². The van der Waals surface area contributed by atoms with E-state index >= 15 is 0 Å². The second-order valence-electron chi connectivity index (χ2n) is 6.53. The summed E-state index contributed by atoms with van der Waals surface area (Å²) in [6.45, 7) is 3.53. The Labute approximate surface area is 184 Å². The molecule has 0 saturated heterocycles. The van der Waals surface area contributed by atoms with Gasteiger partial charge in [-0.15, -0.1) is 24.0 Å². The van der Waals surface area contributed by atoms with E-state index in [1.54, 1.807) is 12.1 Å². The fourth-order valence-corrected chi connectivity index (χ4v) is 2.70. The summed E-state index contributed by atoms with van der Waals surface area (Å²) in [5, 5.41) is 5.96. The number of guanidine groups is 1. The number of carbonyl (C=O) groups excluding carboxylic acids is 1. The molecule has 4 N–H and O–H groups in total. The van der Waals surface area contributed by atoms with Crippen molar-refractivity contribution in [2.75, 3.05) is 11.9 Å². The summed E-state index contributed by atoms with van der Waals surface area (Å²) >= 11 is 0. The standard InChI is InChI=1S/C21H30N4O2.HI/c1-2-3-4-5-6-7-13-23-21(22)24-16-17-10-8-11-18(15-17)25-20(26)19-12-9-14-27-19;/h8-12,14-15H,2-7,13,16H2,1H3,(H,25,26)(H3,22,23,24);1H. The summed E-state index contributed by atoms with van der Waals surface area (Å²) in [6.07, 6.45) is 8.98. The molecule has 2 aromatic rings. The van der Waals surface area contributed by atoms with Crippen molar-refractivity contribution in [1.29, 1.82) is 0 Å². The number of aliphatic imine (C=N–C) groups is 1. The third kappa shape index (κ3) is 9.25. The Balaban J connectivity index is 0.00000392. The first-order valence-corrected chi connectivity index (χ1v) is 9.66. The second kappa shape index (κ2) is 14.0. The molecule has 0 aliphatic carbocycles. The number of furan rings is 1. The molecule has 0 aliphatic rings. The van der Waals surface area contributed by atoms with Gasteiger partial charge >= 0.3 is 0 Å². The lowest BCUT2D eigenvalue weighted by atomic mass is 10.1. The average molecular weight is 498 g/mol. The van der Waals surface area contributed by atoms with Gasteiger partial charge in [0.2, 0.25) is 0 Å². The summed E-state index contributed by atoms with van der Waals surface area (Å²) in [5.74, 6) is 0.455. The molecule has 0 radical (unpaired) electrons. The Morgan fingerprint density at radius 1 is 1.11 bits per heavy atom. The zero-order chi connectivity index (χ0) is 19.3. The summed E-state index contributed by atoms with van der Waals surface area (Å²) < 4.78 is 5.09. The normalized spacial score (nSPS) is 11.0. The van der Waals surface area contributed by atoms with Gasteiger partial charge in [0.25, 0.3) is 5.91 Å². The average Bonchev–Trinajstić information content (AvgIpc) is 3.21. The van der Waals surface area contributed by atoms with Gasteiger partial charge < -0.3 is 20.8 Å². The van der Waals surface area contributed by atoms with E-state index in [-0.39, 0.29) is 35.6 Å². The van der Waals surface area contributed by atoms with Gasteiger partial charge in [0.05, 0.1) is 12.8 Å². The fourth-order valence-electron chi connectivity index (χ4n) is 2.70. The molecule has 154 valence electrons. The van der Waals surface area contributed by atoms with Crippen molar-refractivity contribution in [3.8, 4) is 0 Å². The maximum atomic E-state index is 12.0. The molecular formula is C21H31IN4O2. The molecule has 28 heavy (non-hydrogen) atoms. The van der Waals surface area contributed by atoms with Crippen LogP contribution in [-0.2, 0) is 6.54 Å². The lowest BCUT2D eigenvalue weighted by Crippen LogP contribution is -2.32. The first kappa shape index (κ1) is 24.0. The number of nitrogens with two attached hydrogens (primary N) is 1. The van der Waals surface area contributed by atoms with Gasteiger partial charge in [-0.05, 0) is 36.2 Å². The number of nitrogens with one attached hydrogen (secondary N) is 2. The Bertz CT molecular complexity index is 717. The number of carbonyl (C=O) groups is 1. The van der Waals surface area contributed by atoms with Crippen LogP contribution in [0.4, 0.5) is 5.69 Å². The molecule has 2 rings (SSSR count). The molecule has 0 saturated carbocycles. The number of benzene rings is 1. The highest BCUT2D eigenvalue weighted by atomic mass is 127. The minimum atomic E-state index is -0.277. The van der Waals surface area contributed by atoms with Gasteiger partial charge in [-0.2, -0.15) is 0 Å². The Morgan fingerprint density at radius 2 is 1.89 bits per heavy atom. The molecule has 1 aromatic carbocycles. The monoisotopic (exact) mass is 498 g/mol. The summed E-state index contributed by atoms with van der Waals surface area (Å²) in [4.78, 5) is 16.4. The van der Waals surface area contributed by atoms with Crippen LogP contribution < -0.4 is 16.4 Å². The summed E-state index contributed by atoms with van der Waals surface area (Å²) in [5.41, 5.74) is 7.59. The predicted molar refractivity (Wildman–Crippen MR) is 125 cm³/mol. The maximum Gasteiger partial charge on any atom is 0.291 e. The molecule has 6 nitrogen and oxygen atoms in total. The topological polar surface area (TPSA) is 92.6 Å². The smallest absolute Gasteiger partial charge is 0.291 e. The molecule has 1 aromatic heterocycles. The van der Waals surface area contributed by atoms with Gasteiger partial charge in [0.15, 0.2) is 11.7 Å². The number of hydrogen-bond donors (Lipinski definition) is 3. The van der Waals surface area contributed by atoms with E-state index in [1.165, 1.54) is 38.4 Å². The van der Waals surface area contributed by atoms with Crippen molar-refractivity contribution >= 4 is 41.5 Å². The minimum absolute atomic E-state index is 0. The molecule has 1 heterocycles. The third-order valence-electron chi connectivity index (χ3n) is 4.20. The van der Waals surface area contributed by atoms with Crippen molar-refractivity contribution in [1.82, 2.24) is 5.32 Å². The van der Waals surface area contributed by atoms with Crippen LogP contribution in [0.15, 0.2) is 52.1 Å². The van der Waals surface area contributed by atoms with E-state index in [4.69, 9.17) is 10.2 Å². The van der Waals surface area contributed by atoms with Crippen LogP contribution in [0.2, 0.25) is 0 Å². The van der Waals surface area contributed by atoms with Crippen molar-refractivity contribution < 1.29 is 9.21 Å². The lowest BCUT2D eigenvalue weighted by Gasteiger charge is -2.07. The summed E-state index contributed by atoms with van der Waals surface area (Å²) in [6, 6.07) is 10.8. The van der Waals surface area contributed by atoms with E-state index in [9.17, 15) is 4.79 Å². The molecular weight excluding hydrogens is 467 g/mol. The second-order valence-corrected chi connectivity index (χ2v) is 6.53. The number of amides is 1. The highest BCUT2D eigenvalue weighted by molar-refractivity contribution is 14.0. The zero-order valence-electron chi connectivity index (χ0n) is 16.4. The Morgan fingerprint density at radius 3 is 2.64 bits per heavy atom. The number of hydrogen-bond acceptors (Lipinski definition) is 3. The quantitative estimate of drug-likeness (QED) is 0.178. The van der Waals surface area contributed by atoms with E-state index in [2.05, 4.69) is 22.5 Å². The summed E-state index contributed by atoms with van der Waals surface area (Å²) in [7, 11) is 0. The fraction of sp³-hybridized carbons (Fsp3) is 0.429. The number of rotatable bonds is 11. The molecule has 0 fully saturated rings. The number of halogens is 1. The third-order valence-corrected chi connectivity index (χ3v) is 4.20. The van der Waals surface area contributed by atoms with Crippen molar-refractivity contribution in [2.24, 2.45) is 10.7 Å². The predicted octanol–water partition coefficient (Wildman–Crippen LogP) is 4.91. The van der Waals surface area contributed by atoms with Gasteiger partial charge in [-0.25, -0.2) is 4.99 Å². The first-order chi connectivity index (χ1) is 13.2. The molecule has 0 unspecified atom stereocenters. The SMILES string of the molecule is CCCCCCCCNC(N)=NCc1cccc(NC(=O)c2ccco2)c1.I. The van der Waals surface area contributed by atoms with Gasteiger partial charge in [-0.3, -0.25) is 4.79 Å². The maximum absolute atomic E-state index is 12.0. The molecule has 7 heteroatoms. The van der Waals surface area contributed by atoms with Crippen LogP contribution in [0.3, 0.4) is 0 Å². The van der Waals surface area contributed by atoms with Crippen molar-refractivity contribution in [2.45, 2.75) is 52.0 Å². The van der Waals surface area contributed by atoms with E-state index in [0.717, 1.165) is 18.5 Å². The van der Waals surface area contributed by atoms with Gasteiger partial charge in [0, 0.05) is 12.2 Å².